The maximum Gasteiger partial charge on any atom is 0.0461 e. The fourth-order valence-corrected chi connectivity index (χ4v) is 2.68. The third kappa shape index (κ3) is 4.86. The molecule has 0 atom stereocenters. The maximum absolute atomic E-state index is 5.47. The molecule has 2 aromatic rings. The molecule has 0 unspecified atom stereocenters. The molecule has 0 fully saturated rings. The maximum atomic E-state index is 5.47. The minimum Gasteiger partial charge on any atom is -0.247 e. The van der Waals surface area contributed by atoms with Crippen LogP contribution in [0.4, 0.5) is 0 Å². The van der Waals surface area contributed by atoms with Crippen LogP contribution in [0, 0.1) is 0 Å². The quantitative estimate of drug-likeness (QED) is 0.551. The predicted molar refractivity (Wildman–Crippen MR) is 76.6 cm³/mol. The number of hydrogen-bond acceptors (Lipinski definition) is 3. The van der Waals surface area contributed by atoms with Crippen molar-refractivity contribution in [2.75, 3.05) is 0 Å². The molecule has 0 amide bonds. The zero-order chi connectivity index (χ0) is 11.8. The Morgan fingerprint density at radius 1 is 0.647 bits per heavy atom. The van der Waals surface area contributed by atoms with Crippen molar-refractivity contribution in [2.45, 2.75) is 11.5 Å². The fourth-order valence-electron chi connectivity index (χ4n) is 1.37. The zero-order valence-electron chi connectivity index (χ0n) is 9.41. The van der Waals surface area contributed by atoms with E-state index in [4.69, 9.17) is 3.63 Å². The molecule has 0 radical (unpaired) electrons. The molecular formula is C14H14OS2. The van der Waals surface area contributed by atoms with Crippen LogP contribution < -0.4 is 0 Å². The van der Waals surface area contributed by atoms with Gasteiger partial charge >= 0.3 is 0 Å². The molecule has 0 N–H and O–H groups in total. The summed E-state index contributed by atoms with van der Waals surface area (Å²) < 4.78 is 5.47. The molecule has 0 aromatic heterocycles. The monoisotopic (exact) mass is 262 g/mol. The Kier molecular flexibility index (Phi) is 5.49. The second-order valence-corrected chi connectivity index (χ2v) is 5.16. The van der Waals surface area contributed by atoms with Crippen molar-refractivity contribution in [3.8, 4) is 0 Å². The summed E-state index contributed by atoms with van der Waals surface area (Å²) in [6, 6.07) is 20.7. The van der Waals surface area contributed by atoms with Gasteiger partial charge in [0.1, 0.15) is 0 Å². The average Bonchev–Trinajstić information content (AvgIpc) is 2.41. The van der Waals surface area contributed by atoms with Crippen LogP contribution in [0.25, 0.3) is 0 Å². The van der Waals surface area contributed by atoms with Crippen molar-refractivity contribution in [3.63, 3.8) is 0 Å². The third-order valence-corrected chi connectivity index (χ3v) is 3.91. The molecule has 2 rings (SSSR count). The topological polar surface area (TPSA) is 9.23 Å². The van der Waals surface area contributed by atoms with E-state index in [0.717, 1.165) is 11.5 Å². The largest absolute Gasteiger partial charge is 0.247 e. The molecule has 0 spiro atoms. The van der Waals surface area contributed by atoms with Gasteiger partial charge in [-0.25, -0.2) is 3.63 Å². The molecule has 88 valence electrons. The Hall–Kier alpha value is -0.900. The molecule has 0 aliphatic carbocycles. The van der Waals surface area contributed by atoms with Crippen molar-refractivity contribution in [1.29, 1.82) is 0 Å². The summed E-state index contributed by atoms with van der Waals surface area (Å²) in [6.07, 6.45) is 0. The summed E-state index contributed by atoms with van der Waals surface area (Å²) in [5.41, 5.74) is 2.58. The summed E-state index contributed by atoms with van der Waals surface area (Å²) in [5.74, 6) is 1.78. The van der Waals surface area contributed by atoms with Gasteiger partial charge in [-0.05, 0) is 11.1 Å². The lowest BCUT2D eigenvalue weighted by Crippen LogP contribution is -1.80. The first-order valence-electron chi connectivity index (χ1n) is 5.44. The van der Waals surface area contributed by atoms with E-state index in [1.54, 1.807) is 0 Å². The molecule has 3 heteroatoms. The number of benzene rings is 2. The second-order valence-electron chi connectivity index (χ2n) is 3.56. The van der Waals surface area contributed by atoms with Crippen molar-refractivity contribution in [3.05, 3.63) is 71.8 Å². The van der Waals surface area contributed by atoms with E-state index >= 15 is 0 Å². The van der Waals surface area contributed by atoms with E-state index in [2.05, 4.69) is 24.3 Å². The Morgan fingerprint density at radius 3 is 1.47 bits per heavy atom. The van der Waals surface area contributed by atoms with Gasteiger partial charge in [0.15, 0.2) is 0 Å². The molecule has 0 bridgehead atoms. The third-order valence-electron chi connectivity index (χ3n) is 2.23. The lowest BCUT2D eigenvalue weighted by molar-refractivity contribution is 0.755. The lowest BCUT2D eigenvalue weighted by atomic mass is 10.2. The second kappa shape index (κ2) is 7.43. The Balaban J connectivity index is 1.61. The first kappa shape index (κ1) is 12.6. The van der Waals surface area contributed by atoms with Crippen LogP contribution in [-0.4, -0.2) is 0 Å². The average molecular weight is 262 g/mol. The van der Waals surface area contributed by atoms with E-state index < -0.39 is 0 Å². The Bertz CT molecular complexity index is 375. The van der Waals surface area contributed by atoms with Crippen LogP contribution in [0.5, 0.6) is 0 Å². The van der Waals surface area contributed by atoms with E-state index in [1.165, 1.54) is 35.2 Å². The van der Waals surface area contributed by atoms with Crippen LogP contribution in [0.2, 0.25) is 0 Å². The first-order valence-corrected chi connectivity index (χ1v) is 7.26. The fraction of sp³-hybridized carbons (Fsp3) is 0.143. The van der Waals surface area contributed by atoms with Crippen LogP contribution in [0.15, 0.2) is 60.7 Å². The lowest BCUT2D eigenvalue weighted by Gasteiger charge is -2.02. The normalized spacial score (nSPS) is 10.4. The SMILES string of the molecule is c1ccc(CSOSCc2ccccc2)cc1. The van der Waals surface area contributed by atoms with Gasteiger partial charge in [-0.3, -0.25) is 0 Å². The van der Waals surface area contributed by atoms with E-state index in [9.17, 15) is 0 Å². The molecule has 0 saturated heterocycles. The van der Waals surface area contributed by atoms with Crippen LogP contribution >= 0.6 is 24.1 Å². The van der Waals surface area contributed by atoms with Crippen molar-refractivity contribution < 1.29 is 3.63 Å². The minimum atomic E-state index is 0.891. The molecule has 2 aromatic carbocycles. The molecular weight excluding hydrogens is 248 g/mol. The highest BCUT2D eigenvalue weighted by Gasteiger charge is 1.95. The van der Waals surface area contributed by atoms with Crippen molar-refractivity contribution in [2.24, 2.45) is 0 Å². The van der Waals surface area contributed by atoms with Crippen molar-refractivity contribution in [1.82, 2.24) is 0 Å². The van der Waals surface area contributed by atoms with Crippen LogP contribution in [-0.2, 0) is 15.1 Å². The molecule has 0 heterocycles. The van der Waals surface area contributed by atoms with Gasteiger partial charge in [-0.15, -0.1) is 0 Å². The standard InChI is InChI=1S/C14H14OS2/c1-3-7-13(8-4-1)11-16-15-17-12-14-9-5-2-6-10-14/h1-10H,11-12H2. The predicted octanol–water partition coefficient (Wildman–Crippen LogP) is 4.70. The molecule has 0 aliphatic heterocycles. The minimum absolute atomic E-state index is 0.891. The van der Waals surface area contributed by atoms with Gasteiger partial charge in [0, 0.05) is 35.6 Å². The summed E-state index contributed by atoms with van der Waals surface area (Å²) >= 11 is 2.98. The molecule has 0 saturated carbocycles. The van der Waals surface area contributed by atoms with Crippen LogP contribution in [0.1, 0.15) is 11.1 Å². The van der Waals surface area contributed by atoms with Gasteiger partial charge in [-0.1, -0.05) is 60.7 Å². The molecule has 17 heavy (non-hydrogen) atoms. The zero-order valence-corrected chi connectivity index (χ0v) is 11.0. The van der Waals surface area contributed by atoms with E-state index in [1.807, 2.05) is 36.4 Å². The smallest absolute Gasteiger partial charge is 0.0461 e. The van der Waals surface area contributed by atoms with Gasteiger partial charge in [0.2, 0.25) is 0 Å². The summed E-state index contributed by atoms with van der Waals surface area (Å²) in [5, 5.41) is 0. The summed E-state index contributed by atoms with van der Waals surface area (Å²) in [4.78, 5) is 0. The van der Waals surface area contributed by atoms with Gasteiger partial charge in [0.05, 0.1) is 0 Å². The molecule has 1 nitrogen and oxygen atoms in total. The highest BCUT2D eigenvalue weighted by Crippen LogP contribution is 2.22. The van der Waals surface area contributed by atoms with Gasteiger partial charge in [0.25, 0.3) is 0 Å². The van der Waals surface area contributed by atoms with Gasteiger partial charge in [-0.2, -0.15) is 0 Å². The highest BCUT2D eigenvalue weighted by atomic mass is 32.2. The Labute approximate surface area is 111 Å². The van der Waals surface area contributed by atoms with E-state index in [0.29, 0.717) is 0 Å². The van der Waals surface area contributed by atoms with Crippen LogP contribution in [0.3, 0.4) is 0 Å². The summed E-state index contributed by atoms with van der Waals surface area (Å²) in [7, 11) is 0. The summed E-state index contributed by atoms with van der Waals surface area (Å²) in [6.45, 7) is 0. The molecule has 0 aliphatic rings. The van der Waals surface area contributed by atoms with Crippen molar-refractivity contribution >= 4 is 24.1 Å². The van der Waals surface area contributed by atoms with Gasteiger partial charge < -0.3 is 0 Å². The highest BCUT2D eigenvalue weighted by molar-refractivity contribution is 8.07. The first-order chi connectivity index (χ1) is 8.45. The Morgan fingerprint density at radius 2 is 1.06 bits per heavy atom. The number of hydrogen-bond donors (Lipinski definition) is 0. The number of rotatable bonds is 6. The van der Waals surface area contributed by atoms with E-state index in [-0.39, 0.29) is 0 Å².